The Labute approximate surface area is 177 Å². The Kier molecular flexibility index (Phi) is 6.26. The van der Waals surface area contributed by atoms with Crippen molar-refractivity contribution in [1.29, 1.82) is 0 Å². The fraction of sp³-hybridized carbons (Fsp3) is 0.333. The molecular formula is C24H28N4O2. The van der Waals surface area contributed by atoms with E-state index in [2.05, 4.69) is 20.3 Å². The lowest BCUT2D eigenvalue weighted by molar-refractivity contribution is -0.122. The van der Waals surface area contributed by atoms with E-state index >= 15 is 0 Å². The molecule has 1 N–H and O–H groups in total. The van der Waals surface area contributed by atoms with Gasteiger partial charge in [0.1, 0.15) is 11.8 Å². The third-order valence-electron chi connectivity index (χ3n) is 5.52. The zero-order chi connectivity index (χ0) is 20.9. The van der Waals surface area contributed by atoms with Gasteiger partial charge in [-0.1, -0.05) is 53.2 Å². The van der Waals surface area contributed by atoms with Gasteiger partial charge in [0.2, 0.25) is 5.91 Å². The van der Waals surface area contributed by atoms with Crippen LogP contribution in [-0.4, -0.2) is 47.0 Å². The number of piperazine rings is 1. The normalized spacial score (nSPS) is 16.3. The van der Waals surface area contributed by atoms with Crippen molar-refractivity contribution >= 4 is 11.6 Å². The molecule has 0 radical (unpaired) electrons. The molecule has 1 atom stereocenters. The first-order valence-corrected chi connectivity index (χ1v) is 10.4. The van der Waals surface area contributed by atoms with Crippen molar-refractivity contribution in [3.8, 4) is 0 Å². The van der Waals surface area contributed by atoms with Gasteiger partial charge < -0.3 is 9.84 Å². The summed E-state index contributed by atoms with van der Waals surface area (Å²) in [6, 6.07) is 19.6. The number of benzene rings is 2. The number of amides is 1. The summed E-state index contributed by atoms with van der Waals surface area (Å²) in [5.74, 6) is 0.839. The van der Waals surface area contributed by atoms with E-state index in [0.717, 1.165) is 55.4 Å². The van der Waals surface area contributed by atoms with Gasteiger partial charge >= 0.3 is 0 Å². The van der Waals surface area contributed by atoms with Gasteiger partial charge in [-0.25, -0.2) is 0 Å². The number of nitrogens with zero attached hydrogens (tertiary/aromatic N) is 3. The Balaban J connectivity index is 1.45. The number of nitrogens with one attached hydrogen (secondary N) is 1. The van der Waals surface area contributed by atoms with E-state index in [9.17, 15) is 4.79 Å². The molecule has 156 valence electrons. The van der Waals surface area contributed by atoms with E-state index in [1.807, 2.05) is 74.5 Å². The third kappa shape index (κ3) is 4.96. The van der Waals surface area contributed by atoms with Crippen molar-refractivity contribution in [2.45, 2.75) is 26.4 Å². The molecule has 6 nitrogen and oxygen atoms in total. The quantitative estimate of drug-likeness (QED) is 0.677. The van der Waals surface area contributed by atoms with Crippen molar-refractivity contribution in [1.82, 2.24) is 15.0 Å². The van der Waals surface area contributed by atoms with E-state index < -0.39 is 0 Å². The van der Waals surface area contributed by atoms with Crippen LogP contribution in [0.3, 0.4) is 0 Å². The summed E-state index contributed by atoms with van der Waals surface area (Å²) in [7, 11) is 0. The molecule has 6 heteroatoms. The van der Waals surface area contributed by atoms with Crippen LogP contribution in [0.1, 0.15) is 28.6 Å². The minimum atomic E-state index is -0.316. The summed E-state index contributed by atoms with van der Waals surface area (Å²) in [4.78, 5) is 17.9. The second kappa shape index (κ2) is 9.24. The minimum absolute atomic E-state index is 0.00521. The first kappa shape index (κ1) is 20.3. The van der Waals surface area contributed by atoms with Crippen molar-refractivity contribution in [3.63, 3.8) is 0 Å². The van der Waals surface area contributed by atoms with Gasteiger partial charge in [-0.3, -0.25) is 14.6 Å². The van der Waals surface area contributed by atoms with Gasteiger partial charge in [0, 0.05) is 44.5 Å². The smallest absolute Gasteiger partial charge is 0.246 e. The molecule has 1 fully saturated rings. The van der Waals surface area contributed by atoms with Crippen LogP contribution in [0.5, 0.6) is 0 Å². The molecule has 0 saturated carbocycles. The van der Waals surface area contributed by atoms with Gasteiger partial charge in [0.05, 0.1) is 5.69 Å². The molecule has 1 aliphatic heterocycles. The minimum Gasteiger partial charge on any atom is -0.361 e. The number of anilines is 1. The summed E-state index contributed by atoms with van der Waals surface area (Å²) < 4.78 is 5.18. The van der Waals surface area contributed by atoms with Gasteiger partial charge in [-0.05, 0) is 31.5 Å². The fourth-order valence-corrected chi connectivity index (χ4v) is 3.91. The predicted molar refractivity (Wildman–Crippen MR) is 117 cm³/mol. The van der Waals surface area contributed by atoms with Crippen molar-refractivity contribution < 1.29 is 9.32 Å². The highest BCUT2D eigenvalue weighted by atomic mass is 16.5. The SMILES string of the molecule is Cc1ccc(NC(=O)[C@H](c2ccccc2)N2CCN(Cc3cc(C)on3)CC2)cc1. The molecule has 0 aliphatic carbocycles. The Morgan fingerprint density at radius 3 is 2.37 bits per heavy atom. The molecule has 2 aromatic carbocycles. The molecule has 30 heavy (non-hydrogen) atoms. The lowest BCUT2D eigenvalue weighted by Crippen LogP contribution is -2.49. The van der Waals surface area contributed by atoms with E-state index in [4.69, 9.17) is 4.52 Å². The molecule has 1 aromatic heterocycles. The average Bonchev–Trinajstić information content (AvgIpc) is 3.16. The zero-order valence-electron chi connectivity index (χ0n) is 17.5. The topological polar surface area (TPSA) is 61.6 Å². The highest BCUT2D eigenvalue weighted by molar-refractivity contribution is 5.95. The number of carbonyl (C=O) groups is 1. The molecule has 0 unspecified atom stereocenters. The summed E-state index contributed by atoms with van der Waals surface area (Å²) in [6.07, 6.45) is 0. The molecule has 4 rings (SSSR count). The van der Waals surface area contributed by atoms with Crippen LogP contribution >= 0.6 is 0 Å². The van der Waals surface area contributed by atoms with Gasteiger partial charge in [-0.15, -0.1) is 0 Å². The van der Waals surface area contributed by atoms with E-state index in [1.165, 1.54) is 5.56 Å². The maximum atomic E-state index is 13.3. The summed E-state index contributed by atoms with van der Waals surface area (Å²) in [6.45, 7) is 8.12. The largest absolute Gasteiger partial charge is 0.361 e. The standard InChI is InChI=1S/C24H28N4O2/c1-18-8-10-21(11-9-18)25-24(29)23(20-6-4-3-5-7-20)28-14-12-27(13-15-28)17-22-16-19(2)30-26-22/h3-11,16,23H,12-15,17H2,1-2H3,(H,25,29)/t23-/m0/s1. The molecular weight excluding hydrogens is 376 g/mol. The molecule has 1 amide bonds. The fourth-order valence-electron chi connectivity index (χ4n) is 3.91. The zero-order valence-corrected chi connectivity index (χ0v) is 17.5. The Morgan fingerprint density at radius 1 is 1.03 bits per heavy atom. The van der Waals surface area contributed by atoms with Crippen LogP contribution in [0, 0.1) is 13.8 Å². The lowest BCUT2D eigenvalue weighted by atomic mass is 10.0. The maximum Gasteiger partial charge on any atom is 0.246 e. The van der Waals surface area contributed by atoms with Crippen molar-refractivity contribution in [3.05, 3.63) is 83.2 Å². The van der Waals surface area contributed by atoms with Crippen molar-refractivity contribution in [2.75, 3.05) is 31.5 Å². The van der Waals surface area contributed by atoms with Gasteiger partial charge in [0.15, 0.2) is 0 Å². The monoisotopic (exact) mass is 404 g/mol. The van der Waals surface area contributed by atoms with Crippen molar-refractivity contribution in [2.24, 2.45) is 0 Å². The number of rotatable bonds is 6. The molecule has 0 spiro atoms. The second-order valence-electron chi connectivity index (χ2n) is 7.91. The van der Waals surface area contributed by atoms with E-state index in [1.54, 1.807) is 0 Å². The third-order valence-corrected chi connectivity index (χ3v) is 5.52. The Morgan fingerprint density at radius 2 is 1.73 bits per heavy atom. The summed E-state index contributed by atoms with van der Waals surface area (Å²) in [5.41, 5.74) is 3.97. The number of carbonyl (C=O) groups excluding carboxylic acids is 1. The van der Waals surface area contributed by atoms with Crippen LogP contribution < -0.4 is 5.32 Å². The maximum absolute atomic E-state index is 13.3. The predicted octanol–water partition coefficient (Wildman–Crippen LogP) is 3.79. The molecule has 1 aliphatic rings. The van der Waals surface area contributed by atoms with Crippen LogP contribution in [0.4, 0.5) is 5.69 Å². The van der Waals surface area contributed by atoms with Gasteiger partial charge in [0.25, 0.3) is 0 Å². The average molecular weight is 405 g/mol. The Bertz CT molecular complexity index is 960. The highest BCUT2D eigenvalue weighted by Crippen LogP contribution is 2.25. The lowest BCUT2D eigenvalue weighted by Gasteiger charge is -2.38. The number of aryl methyl sites for hydroxylation is 2. The molecule has 2 heterocycles. The number of hydrogen-bond donors (Lipinski definition) is 1. The first-order valence-electron chi connectivity index (χ1n) is 10.4. The molecule has 1 saturated heterocycles. The number of hydrogen-bond acceptors (Lipinski definition) is 5. The van der Waals surface area contributed by atoms with Crippen LogP contribution in [0.15, 0.2) is 65.2 Å². The second-order valence-corrected chi connectivity index (χ2v) is 7.91. The first-order chi connectivity index (χ1) is 14.6. The van der Waals surface area contributed by atoms with Crippen LogP contribution in [0.2, 0.25) is 0 Å². The Hall–Kier alpha value is -2.96. The van der Waals surface area contributed by atoms with Crippen LogP contribution in [-0.2, 0) is 11.3 Å². The van der Waals surface area contributed by atoms with Gasteiger partial charge in [-0.2, -0.15) is 0 Å². The van der Waals surface area contributed by atoms with Crippen LogP contribution in [0.25, 0.3) is 0 Å². The molecule has 0 bridgehead atoms. The number of aromatic nitrogens is 1. The van der Waals surface area contributed by atoms with E-state index in [0.29, 0.717) is 0 Å². The summed E-state index contributed by atoms with van der Waals surface area (Å²) in [5, 5.41) is 7.20. The molecule has 3 aromatic rings. The highest BCUT2D eigenvalue weighted by Gasteiger charge is 2.30. The summed E-state index contributed by atoms with van der Waals surface area (Å²) >= 11 is 0. The van der Waals surface area contributed by atoms with E-state index in [-0.39, 0.29) is 11.9 Å².